The number of urea groups is 1. The molecule has 2 atom stereocenters. The molecule has 1 fully saturated rings. The van der Waals surface area contributed by atoms with Gasteiger partial charge in [-0.25, -0.2) is 18.4 Å². The van der Waals surface area contributed by atoms with E-state index in [1.807, 2.05) is 13.8 Å². The van der Waals surface area contributed by atoms with E-state index in [1.54, 1.807) is 24.3 Å². The lowest BCUT2D eigenvalue weighted by Gasteiger charge is -2.37. The van der Waals surface area contributed by atoms with Gasteiger partial charge < -0.3 is 19.7 Å². The second kappa shape index (κ2) is 12.9. The number of carbonyl (C=O) groups is 2. The Labute approximate surface area is 217 Å². The largest absolute Gasteiger partial charge is 0.493 e. The number of carbonyl (C=O) groups excluding carboxylic acids is 2. The summed E-state index contributed by atoms with van der Waals surface area (Å²) in [7, 11) is 0. The monoisotopic (exact) mass is 543 g/mol. The molecule has 1 heterocycles. The highest BCUT2D eigenvalue weighted by Gasteiger charge is 2.43. The van der Waals surface area contributed by atoms with Crippen molar-refractivity contribution >= 4 is 12.0 Å². The molecule has 2 aromatic carbocycles. The molecule has 0 aromatic heterocycles. The van der Waals surface area contributed by atoms with E-state index in [1.165, 1.54) is 11.0 Å². The summed E-state index contributed by atoms with van der Waals surface area (Å²) in [5.41, 5.74) is 0.779. The minimum absolute atomic E-state index is 0.0237. The second-order valence-corrected chi connectivity index (χ2v) is 9.40. The highest BCUT2D eigenvalue weighted by molar-refractivity contribution is 5.76. The third-order valence-corrected chi connectivity index (χ3v) is 5.82. The number of ether oxygens (including phenoxy) is 2. The van der Waals surface area contributed by atoms with Gasteiger partial charge in [-0.1, -0.05) is 32.0 Å². The van der Waals surface area contributed by atoms with Crippen molar-refractivity contribution in [2.45, 2.75) is 58.2 Å². The maximum Gasteiger partial charge on any atom is 0.490 e. The van der Waals surface area contributed by atoms with E-state index in [0.29, 0.717) is 30.8 Å². The van der Waals surface area contributed by atoms with Crippen molar-refractivity contribution in [3.63, 3.8) is 0 Å². The molecule has 7 nitrogen and oxygen atoms in total. The molecule has 1 saturated heterocycles. The molecule has 2 unspecified atom stereocenters. The summed E-state index contributed by atoms with van der Waals surface area (Å²) < 4.78 is 75.9. The van der Waals surface area contributed by atoms with Crippen LogP contribution in [0.1, 0.15) is 37.8 Å². The third-order valence-electron chi connectivity index (χ3n) is 5.82. The van der Waals surface area contributed by atoms with Crippen LogP contribution in [0, 0.1) is 17.6 Å². The van der Waals surface area contributed by atoms with Crippen LogP contribution in [0.25, 0.3) is 0 Å². The molecule has 2 aromatic rings. The normalized spacial score (nSPS) is 17.7. The van der Waals surface area contributed by atoms with Gasteiger partial charge in [0.2, 0.25) is 0 Å². The molecule has 0 radical (unpaired) electrons. The molecule has 38 heavy (non-hydrogen) atoms. The van der Waals surface area contributed by atoms with Gasteiger partial charge >= 0.3 is 18.2 Å². The summed E-state index contributed by atoms with van der Waals surface area (Å²) in [5.74, 6) is -2.97. The number of benzene rings is 2. The van der Waals surface area contributed by atoms with Crippen molar-refractivity contribution in [3.05, 3.63) is 65.2 Å². The number of esters is 1. The van der Waals surface area contributed by atoms with E-state index in [0.717, 1.165) is 11.6 Å². The van der Waals surface area contributed by atoms with Gasteiger partial charge in [0.15, 0.2) is 6.23 Å². The molecule has 0 bridgehead atoms. The fraction of sp³-hybridized carbons (Fsp3) is 0.462. The minimum Gasteiger partial charge on any atom is -0.493 e. The van der Waals surface area contributed by atoms with Gasteiger partial charge in [-0.3, -0.25) is 5.32 Å². The van der Waals surface area contributed by atoms with E-state index in [-0.39, 0.29) is 31.6 Å². The smallest absolute Gasteiger partial charge is 0.490 e. The second-order valence-electron chi connectivity index (χ2n) is 9.40. The Bertz CT molecular complexity index is 1100. The van der Waals surface area contributed by atoms with Crippen LogP contribution in [-0.4, -0.2) is 48.5 Å². The molecular formula is C26H30F5N3O4. The van der Waals surface area contributed by atoms with Crippen LogP contribution in [0.3, 0.4) is 0 Å². The van der Waals surface area contributed by atoms with Crippen LogP contribution >= 0.6 is 0 Å². The van der Waals surface area contributed by atoms with Gasteiger partial charge in [0.1, 0.15) is 17.4 Å². The van der Waals surface area contributed by atoms with Crippen molar-refractivity contribution in [3.8, 4) is 5.75 Å². The topological polar surface area (TPSA) is 79.9 Å². The lowest BCUT2D eigenvalue weighted by Crippen LogP contribution is -2.53. The number of hydrogen-bond donors (Lipinski definition) is 2. The summed E-state index contributed by atoms with van der Waals surface area (Å²) in [4.78, 5) is 25.8. The SMILES string of the molecule is CC(C)COc1ccc(CNC(=O)N(Cc2ccc(F)cc2F)C2CCNC(OC(=O)C(F)(F)F)C2)cc1. The molecular weight excluding hydrogens is 513 g/mol. The van der Waals surface area contributed by atoms with Gasteiger partial charge in [-0.05, 0) is 36.1 Å². The Morgan fingerprint density at radius 2 is 1.84 bits per heavy atom. The van der Waals surface area contributed by atoms with Crippen molar-refractivity contribution in [2.24, 2.45) is 5.92 Å². The van der Waals surface area contributed by atoms with Crippen LogP contribution < -0.4 is 15.4 Å². The number of amides is 2. The summed E-state index contributed by atoms with van der Waals surface area (Å²) in [6, 6.07) is 8.71. The Hall–Kier alpha value is -3.41. The predicted molar refractivity (Wildman–Crippen MR) is 128 cm³/mol. The number of halogens is 5. The van der Waals surface area contributed by atoms with E-state index in [9.17, 15) is 31.5 Å². The number of hydrogen-bond acceptors (Lipinski definition) is 5. The average Bonchev–Trinajstić information content (AvgIpc) is 2.85. The third kappa shape index (κ3) is 8.57. The molecule has 0 aliphatic carbocycles. The Morgan fingerprint density at radius 1 is 1.13 bits per heavy atom. The van der Waals surface area contributed by atoms with E-state index in [2.05, 4.69) is 15.4 Å². The standard InChI is InChI=1S/C26H30F5N3O4/c1-16(2)15-37-21-7-3-17(4-8-21)13-33-25(36)34(14-18-5-6-19(27)11-22(18)28)20-9-10-32-23(12-20)38-24(35)26(29,30)31/h3-8,11,16,20,23,32H,9-10,12-15H2,1-2H3,(H,33,36). The van der Waals surface area contributed by atoms with E-state index < -0.39 is 42.1 Å². The lowest BCUT2D eigenvalue weighted by atomic mass is 10.0. The van der Waals surface area contributed by atoms with E-state index in [4.69, 9.17) is 4.74 Å². The molecule has 2 N–H and O–H groups in total. The fourth-order valence-electron chi connectivity index (χ4n) is 3.87. The summed E-state index contributed by atoms with van der Waals surface area (Å²) in [5, 5.41) is 5.41. The Balaban J connectivity index is 1.71. The maximum atomic E-state index is 14.4. The first-order valence-electron chi connectivity index (χ1n) is 12.1. The molecule has 12 heteroatoms. The predicted octanol–water partition coefficient (Wildman–Crippen LogP) is 4.90. The Morgan fingerprint density at radius 3 is 2.47 bits per heavy atom. The quantitative estimate of drug-likeness (QED) is 0.348. The van der Waals surface area contributed by atoms with Crippen molar-refractivity contribution in [1.29, 1.82) is 0 Å². The van der Waals surface area contributed by atoms with Crippen molar-refractivity contribution in [2.75, 3.05) is 13.2 Å². The van der Waals surface area contributed by atoms with Gasteiger partial charge in [0, 0.05) is 37.2 Å². The van der Waals surface area contributed by atoms with Crippen LogP contribution in [0.2, 0.25) is 0 Å². The highest BCUT2D eigenvalue weighted by atomic mass is 19.4. The number of piperidine rings is 1. The summed E-state index contributed by atoms with van der Waals surface area (Å²) in [6.07, 6.45) is -6.31. The number of nitrogens with one attached hydrogen (secondary N) is 2. The number of alkyl halides is 3. The number of rotatable bonds is 9. The zero-order chi connectivity index (χ0) is 27.9. The molecule has 1 aliphatic heterocycles. The first kappa shape index (κ1) is 29.2. The fourth-order valence-corrected chi connectivity index (χ4v) is 3.87. The molecule has 3 rings (SSSR count). The zero-order valence-corrected chi connectivity index (χ0v) is 21.0. The Kier molecular flexibility index (Phi) is 9.90. The maximum absolute atomic E-state index is 14.4. The first-order chi connectivity index (χ1) is 17.9. The lowest BCUT2D eigenvalue weighted by molar-refractivity contribution is -0.207. The first-order valence-corrected chi connectivity index (χ1v) is 12.1. The summed E-state index contributed by atoms with van der Waals surface area (Å²) in [6.45, 7) is 4.60. The molecule has 0 spiro atoms. The molecule has 1 aliphatic rings. The zero-order valence-electron chi connectivity index (χ0n) is 21.0. The molecule has 0 saturated carbocycles. The average molecular weight is 544 g/mol. The molecule has 2 amide bonds. The van der Waals surface area contributed by atoms with Gasteiger partial charge in [0.25, 0.3) is 0 Å². The van der Waals surface area contributed by atoms with Crippen LogP contribution in [0.5, 0.6) is 5.75 Å². The summed E-state index contributed by atoms with van der Waals surface area (Å²) >= 11 is 0. The van der Waals surface area contributed by atoms with Crippen molar-refractivity contribution < 1.29 is 41.0 Å². The highest BCUT2D eigenvalue weighted by Crippen LogP contribution is 2.24. The van der Waals surface area contributed by atoms with Crippen molar-refractivity contribution in [1.82, 2.24) is 15.5 Å². The van der Waals surface area contributed by atoms with Crippen LogP contribution in [0.4, 0.5) is 26.7 Å². The minimum atomic E-state index is -5.17. The van der Waals surface area contributed by atoms with Gasteiger partial charge in [-0.15, -0.1) is 0 Å². The van der Waals surface area contributed by atoms with E-state index >= 15 is 0 Å². The number of nitrogens with zero attached hydrogens (tertiary/aromatic N) is 1. The van der Waals surface area contributed by atoms with Crippen LogP contribution in [0.15, 0.2) is 42.5 Å². The van der Waals surface area contributed by atoms with Gasteiger partial charge in [0.05, 0.1) is 13.2 Å². The van der Waals surface area contributed by atoms with Gasteiger partial charge in [-0.2, -0.15) is 13.2 Å². The molecule has 208 valence electrons. The van der Waals surface area contributed by atoms with Crippen LogP contribution in [-0.2, 0) is 22.6 Å².